The maximum absolute atomic E-state index is 9.96. The number of ether oxygens (including phenoxy) is 4. The van der Waals surface area contributed by atoms with Gasteiger partial charge in [0.25, 0.3) is 0 Å². The maximum Gasteiger partial charge on any atom is 0.192 e. The number of unbranched alkanes of at least 4 members (excludes halogenated alkanes) is 5. The molecule has 0 aliphatic rings. The zero-order valence-corrected chi connectivity index (χ0v) is 23.2. The molecule has 32 heavy (non-hydrogen) atoms. The fourth-order valence-corrected chi connectivity index (χ4v) is 4.82. The van der Waals surface area contributed by atoms with Crippen molar-refractivity contribution >= 4 is 8.32 Å². The van der Waals surface area contributed by atoms with Gasteiger partial charge in [0, 0.05) is 14.2 Å². The van der Waals surface area contributed by atoms with Crippen LogP contribution in [-0.4, -0.2) is 65.6 Å². The van der Waals surface area contributed by atoms with Gasteiger partial charge in [0.2, 0.25) is 0 Å². The summed E-state index contributed by atoms with van der Waals surface area (Å²) in [5.74, 6) is 0. The molecule has 0 heterocycles. The molecule has 0 amide bonds. The Hall–Kier alpha value is -0.283. The van der Waals surface area contributed by atoms with Crippen LogP contribution in [0.1, 0.15) is 79.1 Å². The Bertz CT molecular complexity index is 466. The highest BCUT2D eigenvalue weighted by Crippen LogP contribution is 2.38. The minimum absolute atomic E-state index is 0.0585. The van der Waals surface area contributed by atoms with Gasteiger partial charge in [0.1, 0.15) is 13.6 Å². The fourth-order valence-electron chi connectivity index (χ4n) is 3.38. The van der Waals surface area contributed by atoms with Gasteiger partial charge in [-0.25, -0.2) is 0 Å². The van der Waals surface area contributed by atoms with E-state index in [9.17, 15) is 5.11 Å². The van der Waals surface area contributed by atoms with Gasteiger partial charge in [0.15, 0.2) is 8.32 Å². The molecule has 4 atom stereocenters. The van der Waals surface area contributed by atoms with E-state index < -0.39 is 14.4 Å². The van der Waals surface area contributed by atoms with E-state index in [-0.39, 0.29) is 30.1 Å². The van der Waals surface area contributed by atoms with Crippen LogP contribution in [0.15, 0.2) is 12.7 Å². The van der Waals surface area contributed by atoms with Crippen molar-refractivity contribution in [2.24, 2.45) is 0 Å². The molecule has 0 aromatic carbocycles. The van der Waals surface area contributed by atoms with Crippen molar-refractivity contribution in [3.8, 4) is 0 Å². The molecule has 0 aromatic rings. The second kappa shape index (κ2) is 17.2. The summed E-state index contributed by atoms with van der Waals surface area (Å²) in [7, 11) is 1.42. The van der Waals surface area contributed by atoms with Crippen molar-refractivity contribution in [2.45, 2.75) is 122 Å². The first-order chi connectivity index (χ1) is 15.0. The number of methoxy groups -OCH3 is 2. The van der Waals surface area contributed by atoms with E-state index in [0.717, 1.165) is 32.1 Å². The van der Waals surface area contributed by atoms with Gasteiger partial charge in [-0.1, -0.05) is 65.4 Å². The van der Waals surface area contributed by atoms with E-state index in [0.29, 0.717) is 6.79 Å². The standard InChI is InChI=1S/C25H52O6Si/c1-10-22(26)24(30-20-28-7)18-16-14-12-11-13-15-17-23(29-19-27-6)21(2)31-32(8,9)25(3,4)5/h10,21-24,26H,1,11-20H2,2-9H3/t21-,22-,23+,24+/m1/s1. The molecule has 0 aromatic heterocycles. The molecular weight excluding hydrogens is 424 g/mol. The normalized spacial score (nSPS) is 16.5. The summed E-state index contributed by atoms with van der Waals surface area (Å²) >= 11 is 0. The summed E-state index contributed by atoms with van der Waals surface area (Å²) in [6.07, 6.45) is 9.38. The fraction of sp³-hybridized carbons (Fsp3) is 0.920. The Morgan fingerprint density at radius 2 is 1.28 bits per heavy atom. The minimum atomic E-state index is -1.83. The summed E-state index contributed by atoms with van der Waals surface area (Å²) in [6, 6.07) is 0. The van der Waals surface area contributed by atoms with Gasteiger partial charge in [-0.05, 0) is 37.9 Å². The Morgan fingerprint density at radius 3 is 1.72 bits per heavy atom. The van der Waals surface area contributed by atoms with Crippen LogP contribution in [0.25, 0.3) is 0 Å². The number of aliphatic hydroxyl groups excluding tert-OH is 1. The molecule has 0 rings (SSSR count). The van der Waals surface area contributed by atoms with E-state index in [1.54, 1.807) is 14.2 Å². The Balaban J connectivity index is 4.26. The molecule has 0 saturated carbocycles. The third kappa shape index (κ3) is 13.4. The highest BCUT2D eigenvalue weighted by molar-refractivity contribution is 6.74. The van der Waals surface area contributed by atoms with Gasteiger partial charge in [-0.15, -0.1) is 6.58 Å². The quantitative estimate of drug-likeness (QED) is 0.0999. The molecule has 0 spiro atoms. The van der Waals surface area contributed by atoms with Crippen molar-refractivity contribution in [3.63, 3.8) is 0 Å². The molecule has 1 N–H and O–H groups in total. The van der Waals surface area contributed by atoms with Crippen molar-refractivity contribution in [2.75, 3.05) is 27.8 Å². The lowest BCUT2D eigenvalue weighted by Gasteiger charge is -2.40. The molecule has 0 aliphatic heterocycles. The summed E-state index contributed by atoms with van der Waals surface area (Å²) in [5, 5.41) is 10.1. The van der Waals surface area contributed by atoms with E-state index >= 15 is 0 Å². The monoisotopic (exact) mass is 476 g/mol. The summed E-state index contributed by atoms with van der Waals surface area (Å²) in [5.41, 5.74) is 0. The number of hydrogen-bond acceptors (Lipinski definition) is 6. The van der Waals surface area contributed by atoms with Crippen LogP contribution in [0.3, 0.4) is 0 Å². The van der Waals surface area contributed by atoms with Crippen LogP contribution in [0.4, 0.5) is 0 Å². The second-order valence-electron chi connectivity index (χ2n) is 10.2. The van der Waals surface area contributed by atoms with E-state index in [1.807, 2.05) is 0 Å². The Labute approximate surface area is 199 Å². The van der Waals surface area contributed by atoms with Crippen LogP contribution in [0.2, 0.25) is 18.1 Å². The SMILES string of the molecule is C=C[C@@H](O)[C@H](CCCCCCCC[C@H](OCOC)[C@@H](C)O[Si](C)(C)C(C)(C)C)OCOC. The third-order valence-electron chi connectivity index (χ3n) is 6.46. The molecule has 0 saturated heterocycles. The first kappa shape index (κ1) is 31.7. The number of rotatable bonds is 20. The predicted molar refractivity (Wildman–Crippen MR) is 134 cm³/mol. The van der Waals surface area contributed by atoms with Crippen LogP contribution in [0, 0.1) is 0 Å². The van der Waals surface area contributed by atoms with Gasteiger partial charge in [-0.3, -0.25) is 0 Å². The Kier molecular flexibility index (Phi) is 17.0. The molecule has 6 nitrogen and oxygen atoms in total. The van der Waals surface area contributed by atoms with Crippen molar-refractivity contribution in [1.29, 1.82) is 0 Å². The summed E-state index contributed by atoms with van der Waals surface area (Å²) in [6.45, 7) is 17.7. The number of hydrogen-bond donors (Lipinski definition) is 1. The highest BCUT2D eigenvalue weighted by Gasteiger charge is 2.39. The molecule has 0 fully saturated rings. The first-order valence-electron chi connectivity index (χ1n) is 12.2. The summed E-state index contributed by atoms with van der Waals surface area (Å²) < 4.78 is 28.2. The predicted octanol–water partition coefficient (Wildman–Crippen LogP) is 6.04. The molecule has 192 valence electrons. The lowest BCUT2D eigenvalue weighted by molar-refractivity contribution is -0.108. The van der Waals surface area contributed by atoms with E-state index in [4.69, 9.17) is 23.4 Å². The van der Waals surface area contributed by atoms with Gasteiger partial charge < -0.3 is 28.5 Å². The zero-order chi connectivity index (χ0) is 24.6. The largest absolute Gasteiger partial charge is 0.412 e. The van der Waals surface area contributed by atoms with Gasteiger partial charge in [0.05, 0.1) is 24.4 Å². The molecule has 0 unspecified atom stereocenters. The third-order valence-corrected chi connectivity index (χ3v) is 11.0. The number of aliphatic hydroxyl groups is 1. The van der Waals surface area contributed by atoms with Crippen molar-refractivity contribution < 1.29 is 28.5 Å². The van der Waals surface area contributed by atoms with Crippen molar-refractivity contribution in [1.82, 2.24) is 0 Å². The zero-order valence-electron chi connectivity index (χ0n) is 22.2. The molecule has 0 radical (unpaired) electrons. The first-order valence-corrected chi connectivity index (χ1v) is 15.1. The molecule has 0 bridgehead atoms. The highest BCUT2D eigenvalue weighted by atomic mass is 28.4. The Morgan fingerprint density at radius 1 is 0.844 bits per heavy atom. The minimum Gasteiger partial charge on any atom is -0.412 e. The van der Waals surface area contributed by atoms with E-state index in [2.05, 4.69) is 47.4 Å². The summed E-state index contributed by atoms with van der Waals surface area (Å²) in [4.78, 5) is 0. The van der Waals surface area contributed by atoms with Crippen LogP contribution in [-0.2, 0) is 23.4 Å². The maximum atomic E-state index is 9.96. The van der Waals surface area contributed by atoms with Crippen molar-refractivity contribution in [3.05, 3.63) is 12.7 Å². The lowest BCUT2D eigenvalue weighted by atomic mass is 10.0. The van der Waals surface area contributed by atoms with Crippen LogP contribution < -0.4 is 0 Å². The van der Waals surface area contributed by atoms with Gasteiger partial charge in [-0.2, -0.15) is 0 Å². The smallest absolute Gasteiger partial charge is 0.192 e. The van der Waals surface area contributed by atoms with Gasteiger partial charge >= 0.3 is 0 Å². The lowest BCUT2D eigenvalue weighted by Crippen LogP contribution is -2.46. The average Bonchev–Trinajstić information content (AvgIpc) is 2.72. The molecule has 7 heteroatoms. The molecular formula is C25H52O6Si. The van der Waals surface area contributed by atoms with Crippen LogP contribution >= 0.6 is 0 Å². The second-order valence-corrected chi connectivity index (χ2v) is 15.0. The average molecular weight is 477 g/mol. The van der Waals surface area contributed by atoms with Crippen LogP contribution in [0.5, 0.6) is 0 Å². The topological polar surface area (TPSA) is 66.4 Å². The van der Waals surface area contributed by atoms with E-state index in [1.165, 1.54) is 25.3 Å². The molecule has 0 aliphatic carbocycles.